The largest absolute Gasteiger partial charge is 0.573 e. The van der Waals surface area contributed by atoms with E-state index in [1.54, 1.807) is 30.2 Å². The van der Waals surface area contributed by atoms with Crippen molar-refractivity contribution in [1.82, 2.24) is 0 Å². The van der Waals surface area contributed by atoms with Gasteiger partial charge in [-0.15, -0.1) is 13.2 Å². The number of alkyl halides is 6. The maximum absolute atomic E-state index is 13.2. The molecular weight excluding hydrogens is 472 g/mol. The highest BCUT2D eigenvalue weighted by Crippen LogP contribution is 2.42. The topological polar surface area (TPSA) is 21.7 Å². The Balaban J connectivity index is 1.71. The van der Waals surface area contributed by atoms with Gasteiger partial charge in [-0.25, -0.2) is 0 Å². The van der Waals surface area contributed by atoms with Crippen LogP contribution in [-0.4, -0.2) is 32.2 Å². The van der Waals surface area contributed by atoms with Gasteiger partial charge in [0.15, 0.2) is 0 Å². The number of ether oxygens (including phenoxy) is 2. The van der Waals surface area contributed by atoms with Crippen molar-refractivity contribution in [2.24, 2.45) is 5.92 Å². The summed E-state index contributed by atoms with van der Waals surface area (Å²) in [6.45, 7) is -0.285. The molecule has 2 aliphatic rings. The summed E-state index contributed by atoms with van der Waals surface area (Å²) in [6, 6.07) is 12.6. The molecule has 1 heterocycles. The average Bonchev–Trinajstić information content (AvgIpc) is 2.80. The van der Waals surface area contributed by atoms with Crippen molar-refractivity contribution < 1.29 is 35.8 Å². The predicted octanol–water partition coefficient (Wildman–Crippen LogP) is 7.43. The number of fused-ring (bicyclic) bond motifs is 1. The van der Waals surface area contributed by atoms with E-state index in [-0.39, 0.29) is 12.3 Å². The number of allylic oxidation sites excluding steroid dienone is 2. The number of anilines is 1. The standard InChI is InChI=1S/C26H25F6NO2/c1-34-19-7-2-5-17(15-19)21-9-4-10-24-22(21)11-12-23(33(24)14-13-25(27,28)29)18-6-3-8-20(16-18)35-26(30,31)32/h2-5,7-10,15-16,18,23H,6,11-14H2,1H3/t18?,23-/m1/s1. The lowest BCUT2D eigenvalue weighted by molar-refractivity contribution is -0.303. The summed E-state index contributed by atoms with van der Waals surface area (Å²) in [6.07, 6.45) is -4.50. The second kappa shape index (κ2) is 9.87. The van der Waals surface area contributed by atoms with Crippen molar-refractivity contribution in [1.29, 1.82) is 0 Å². The molecule has 2 aromatic carbocycles. The molecule has 35 heavy (non-hydrogen) atoms. The molecule has 3 nitrogen and oxygen atoms in total. The van der Waals surface area contributed by atoms with Crippen LogP contribution >= 0.6 is 0 Å². The first-order valence-electron chi connectivity index (χ1n) is 11.3. The highest BCUT2D eigenvalue weighted by molar-refractivity contribution is 5.76. The lowest BCUT2D eigenvalue weighted by Crippen LogP contribution is -2.45. The summed E-state index contributed by atoms with van der Waals surface area (Å²) >= 11 is 0. The summed E-state index contributed by atoms with van der Waals surface area (Å²) in [5.41, 5.74) is 3.38. The second-order valence-electron chi connectivity index (χ2n) is 8.62. The molecular formula is C26H25F6NO2. The SMILES string of the molecule is COc1cccc(-c2cccc3c2CC[C@H](C2C=C(OC(F)(F)F)C=CC2)N3CCC(F)(F)F)c1. The molecule has 0 aromatic heterocycles. The van der Waals surface area contributed by atoms with Gasteiger partial charge in [-0.2, -0.15) is 13.2 Å². The van der Waals surface area contributed by atoms with Crippen LogP contribution in [0.15, 0.2) is 66.5 Å². The predicted molar refractivity (Wildman–Crippen MR) is 121 cm³/mol. The first-order valence-corrected chi connectivity index (χ1v) is 11.3. The van der Waals surface area contributed by atoms with E-state index >= 15 is 0 Å². The molecule has 188 valence electrons. The minimum atomic E-state index is -4.83. The van der Waals surface area contributed by atoms with Crippen LogP contribution in [-0.2, 0) is 11.2 Å². The fourth-order valence-corrected chi connectivity index (χ4v) is 4.92. The van der Waals surface area contributed by atoms with E-state index in [1.807, 2.05) is 30.3 Å². The molecule has 0 fully saturated rings. The molecule has 9 heteroatoms. The van der Waals surface area contributed by atoms with Gasteiger partial charge in [0.05, 0.1) is 13.5 Å². The molecule has 2 aromatic rings. The Morgan fingerprint density at radius 1 is 1.03 bits per heavy atom. The first kappa shape index (κ1) is 25.0. The van der Waals surface area contributed by atoms with Crippen LogP contribution in [0.2, 0.25) is 0 Å². The van der Waals surface area contributed by atoms with Gasteiger partial charge < -0.3 is 14.4 Å². The van der Waals surface area contributed by atoms with E-state index in [1.165, 1.54) is 12.2 Å². The van der Waals surface area contributed by atoms with E-state index in [9.17, 15) is 26.3 Å². The molecule has 0 saturated heterocycles. The molecule has 1 aliphatic carbocycles. The maximum atomic E-state index is 13.2. The fraction of sp³-hybridized carbons (Fsp3) is 0.385. The Hall–Kier alpha value is -3.10. The number of hydrogen-bond acceptors (Lipinski definition) is 3. The zero-order valence-electron chi connectivity index (χ0n) is 19.0. The van der Waals surface area contributed by atoms with E-state index in [2.05, 4.69) is 4.74 Å². The highest BCUT2D eigenvalue weighted by atomic mass is 19.4. The van der Waals surface area contributed by atoms with Crippen LogP contribution in [0.5, 0.6) is 5.75 Å². The number of benzene rings is 2. The average molecular weight is 497 g/mol. The van der Waals surface area contributed by atoms with Crippen LogP contribution in [0.4, 0.5) is 32.0 Å². The number of hydrogen-bond donors (Lipinski definition) is 0. The maximum Gasteiger partial charge on any atom is 0.573 e. The van der Waals surface area contributed by atoms with Gasteiger partial charge in [0, 0.05) is 24.2 Å². The summed E-state index contributed by atoms with van der Waals surface area (Å²) in [5, 5.41) is 0. The lowest BCUT2D eigenvalue weighted by atomic mass is 9.81. The number of halogens is 6. The molecule has 0 N–H and O–H groups in total. The summed E-state index contributed by atoms with van der Waals surface area (Å²) < 4.78 is 87.3. The Labute approximate surface area is 199 Å². The molecule has 0 bridgehead atoms. The third-order valence-corrected chi connectivity index (χ3v) is 6.36. The van der Waals surface area contributed by atoms with Crippen LogP contribution in [0.25, 0.3) is 11.1 Å². The Morgan fingerprint density at radius 2 is 1.80 bits per heavy atom. The minimum absolute atomic E-state index is 0.285. The Morgan fingerprint density at radius 3 is 2.51 bits per heavy atom. The Bertz CT molecular complexity index is 1110. The molecule has 0 saturated carbocycles. The molecule has 2 atom stereocenters. The van der Waals surface area contributed by atoms with Crippen molar-refractivity contribution in [2.75, 3.05) is 18.6 Å². The van der Waals surface area contributed by atoms with E-state index in [4.69, 9.17) is 4.74 Å². The van der Waals surface area contributed by atoms with Crippen molar-refractivity contribution in [3.63, 3.8) is 0 Å². The highest BCUT2D eigenvalue weighted by Gasteiger charge is 2.37. The fourth-order valence-electron chi connectivity index (χ4n) is 4.92. The van der Waals surface area contributed by atoms with Crippen molar-refractivity contribution in [2.45, 2.75) is 44.3 Å². The van der Waals surface area contributed by atoms with E-state index < -0.39 is 30.9 Å². The number of rotatable bonds is 6. The summed E-state index contributed by atoms with van der Waals surface area (Å²) in [7, 11) is 1.56. The van der Waals surface area contributed by atoms with Gasteiger partial charge >= 0.3 is 12.5 Å². The molecule has 1 unspecified atom stereocenters. The molecule has 0 radical (unpaired) electrons. The first-order chi connectivity index (χ1) is 16.5. The Kier molecular flexibility index (Phi) is 7.05. The summed E-state index contributed by atoms with van der Waals surface area (Å²) in [4.78, 5) is 1.71. The lowest BCUT2D eigenvalue weighted by Gasteiger charge is -2.43. The number of methoxy groups -OCH3 is 1. The van der Waals surface area contributed by atoms with Gasteiger partial charge in [-0.05, 0) is 66.3 Å². The van der Waals surface area contributed by atoms with Crippen molar-refractivity contribution >= 4 is 5.69 Å². The van der Waals surface area contributed by atoms with E-state index in [0.717, 1.165) is 16.7 Å². The van der Waals surface area contributed by atoms with Crippen LogP contribution < -0.4 is 9.64 Å². The third kappa shape index (κ3) is 6.13. The smallest absolute Gasteiger partial charge is 0.497 e. The molecule has 0 spiro atoms. The number of nitrogens with zero attached hydrogens (tertiary/aromatic N) is 1. The van der Waals surface area contributed by atoms with Gasteiger partial charge in [0.2, 0.25) is 0 Å². The van der Waals surface area contributed by atoms with Crippen molar-refractivity contribution in [3.8, 4) is 16.9 Å². The zero-order chi connectivity index (χ0) is 25.2. The van der Waals surface area contributed by atoms with Crippen LogP contribution in [0.3, 0.4) is 0 Å². The molecule has 1 aliphatic heterocycles. The third-order valence-electron chi connectivity index (χ3n) is 6.36. The molecule has 4 rings (SSSR count). The van der Waals surface area contributed by atoms with Gasteiger partial charge in [-0.3, -0.25) is 0 Å². The van der Waals surface area contributed by atoms with Crippen LogP contribution in [0, 0.1) is 5.92 Å². The monoisotopic (exact) mass is 497 g/mol. The quantitative estimate of drug-likeness (QED) is 0.388. The van der Waals surface area contributed by atoms with Crippen LogP contribution in [0.1, 0.15) is 24.8 Å². The van der Waals surface area contributed by atoms with Crippen molar-refractivity contribution in [3.05, 3.63) is 72.0 Å². The normalized spacial score (nSPS) is 20.3. The molecule has 0 amide bonds. The zero-order valence-corrected chi connectivity index (χ0v) is 19.0. The van der Waals surface area contributed by atoms with Gasteiger partial charge in [0.25, 0.3) is 0 Å². The minimum Gasteiger partial charge on any atom is -0.497 e. The van der Waals surface area contributed by atoms with Gasteiger partial charge in [0.1, 0.15) is 11.5 Å². The summed E-state index contributed by atoms with van der Waals surface area (Å²) in [5.74, 6) is -0.0845. The van der Waals surface area contributed by atoms with E-state index in [0.29, 0.717) is 30.7 Å². The second-order valence-corrected chi connectivity index (χ2v) is 8.62. The van der Waals surface area contributed by atoms with Gasteiger partial charge in [-0.1, -0.05) is 30.3 Å².